The normalized spacial score (nSPS) is 20.1. The van der Waals surface area contributed by atoms with Crippen LogP contribution >= 0.6 is 0 Å². The molecule has 1 aromatic carbocycles. The van der Waals surface area contributed by atoms with Crippen molar-refractivity contribution in [3.05, 3.63) is 35.7 Å². The molecule has 1 aromatic heterocycles. The van der Waals surface area contributed by atoms with Crippen molar-refractivity contribution < 1.29 is 9.47 Å². The number of imidazole rings is 1. The van der Waals surface area contributed by atoms with E-state index in [4.69, 9.17) is 9.47 Å². The number of methoxy groups -OCH3 is 1. The fourth-order valence-corrected chi connectivity index (χ4v) is 3.77. The molecular weight excluding hydrogens is 302 g/mol. The number of ether oxygens (including phenoxy) is 2. The molecule has 24 heavy (non-hydrogen) atoms. The van der Waals surface area contributed by atoms with E-state index in [2.05, 4.69) is 33.2 Å². The van der Waals surface area contributed by atoms with Crippen LogP contribution in [0.15, 0.2) is 24.5 Å². The second-order valence-electron chi connectivity index (χ2n) is 6.60. The molecule has 1 aliphatic carbocycles. The van der Waals surface area contributed by atoms with Crippen LogP contribution in [0.4, 0.5) is 0 Å². The molecule has 2 aliphatic rings. The Balaban J connectivity index is 1.57. The monoisotopic (exact) mass is 327 g/mol. The van der Waals surface area contributed by atoms with E-state index in [1.165, 1.54) is 17.5 Å². The van der Waals surface area contributed by atoms with E-state index in [-0.39, 0.29) is 6.10 Å². The Morgan fingerprint density at radius 2 is 2.21 bits per heavy atom. The van der Waals surface area contributed by atoms with Crippen molar-refractivity contribution in [2.75, 3.05) is 26.8 Å². The Morgan fingerprint density at radius 3 is 3.00 bits per heavy atom. The zero-order valence-corrected chi connectivity index (χ0v) is 14.3. The van der Waals surface area contributed by atoms with Gasteiger partial charge >= 0.3 is 0 Å². The molecule has 1 aliphatic heterocycles. The van der Waals surface area contributed by atoms with Gasteiger partial charge in [0.05, 0.1) is 25.4 Å². The van der Waals surface area contributed by atoms with Gasteiger partial charge in [-0.15, -0.1) is 0 Å². The minimum Gasteiger partial charge on any atom is -0.496 e. The maximum absolute atomic E-state index is 5.81. The molecule has 0 spiro atoms. The van der Waals surface area contributed by atoms with Gasteiger partial charge in [-0.25, -0.2) is 4.98 Å². The molecule has 4 rings (SSSR count). The number of rotatable bonds is 5. The number of morpholine rings is 1. The van der Waals surface area contributed by atoms with Gasteiger partial charge in [-0.05, 0) is 48.9 Å². The molecule has 1 saturated heterocycles. The highest BCUT2D eigenvalue weighted by Crippen LogP contribution is 2.35. The van der Waals surface area contributed by atoms with Crippen LogP contribution in [0, 0.1) is 0 Å². The molecule has 1 fully saturated rings. The molecule has 5 heteroatoms. The maximum Gasteiger partial charge on any atom is 0.143 e. The molecule has 0 bridgehead atoms. The molecule has 0 radical (unpaired) electrons. The number of aromatic nitrogens is 2. The minimum atomic E-state index is 0.288. The minimum absolute atomic E-state index is 0.288. The van der Waals surface area contributed by atoms with Crippen molar-refractivity contribution in [2.45, 2.75) is 38.3 Å². The maximum atomic E-state index is 5.81. The first-order valence-corrected chi connectivity index (χ1v) is 8.89. The van der Waals surface area contributed by atoms with Gasteiger partial charge in [0.1, 0.15) is 11.6 Å². The SMILES string of the molecule is COc1cc2c(cc1-c1nccn1CCC1CNCCO1)CCC2. The van der Waals surface area contributed by atoms with E-state index in [0.29, 0.717) is 0 Å². The van der Waals surface area contributed by atoms with Crippen molar-refractivity contribution in [2.24, 2.45) is 0 Å². The van der Waals surface area contributed by atoms with E-state index in [0.717, 1.165) is 62.6 Å². The zero-order chi connectivity index (χ0) is 16.4. The number of hydrogen-bond donors (Lipinski definition) is 1. The average molecular weight is 327 g/mol. The van der Waals surface area contributed by atoms with Gasteiger partial charge in [-0.3, -0.25) is 0 Å². The van der Waals surface area contributed by atoms with E-state index in [1.54, 1.807) is 7.11 Å². The first-order chi connectivity index (χ1) is 11.8. The van der Waals surface area contributed by atoms with Crippen LogP contribution in [0.1, 0.15) is 24.0 Å². The van der Waals surface area contributed by atoms with Crippen molar-refractivity contribution in [1.82, 2.24) is 14.9 Å². The quantitative estimate of drug-likeness (QED) is 0.916. The lowest BCUT2D eigenvalue weighted by molar-refractivity contribution is 0.0211. The molecule has 0 saturated carbocycles. The van der Waals surface area contributed by atoms with E-state index >= 15 is 0 Å². The summed E-state index contributed by atoms with van der Waals surface area (Å²) in [6.07, 6.45) is 8.77. The summed E-state index contributed by atoms with van der Waals surface area (Å²) in [5.74, 6) is 1.92. The Kier molecular flexibility index (Phi) is 4.54. The summed E-state index contributed by atoms with van der Waals surface area (Å²) in [5, 5.41) is 3.39. The lowest BCUT2D eigenvalue weighted by atomic mass is 10.0. The predicted molar refractivity (Wildman–Crippen MR) is 93.5 cm³/mol. The summed E-state index contributed by atoms with van der Waals surface area (Å²) >= 11 is 0. The summed E-state index contributed by atoms with van der Waals surface area (Å²) in [4.78, 5) is 4.61. The van der Waals surface area contributed by atoms with Crippen LogP contribution in [-0.4, -0.2) is 42.5 Å². The van der Waals surface area contributed by atoms with E-state index < -0.39 is 0 Å². The number of aryl methyl sites for hydroxylation is 3. The molecule has 128 valence electrons. The van der Waals surface area contributed by atoms with Gasteiger partial charge in [0.15, 0.2) is 0 Å². The van der Waals surface area contributed by atoms with Crippen LogP contribution in [0.2, 0.25) is 0 Å². The molecule has 2 heterocycles. The van der Waals surface area contributed by atoms with Crippen LogP contribution < -0.4 is 10.1 Å². The smallest absolute Gasteiger partial charge is 0.143 e. The third-order valence-electron chi connectivity index (χ3n) is 5.07. The van der Waals surface area contributed by atoms with E-state index in [9.17, 15) is 0 Å². The van der Waals surface area contributed by atoms with Crippen molar-refractivity contribution in [3.63, 3.8) is 0 Å². The fraction of sp³-hybridized carbons (Fsp3) is 0.526. The zero-order valence-electron chi connectivity index (χ0n) is 14.3. The molecule has 1 N–H and O–H groups in total. The number of hydrogen-bond acceptors (Lipinski definition) is 4. The average Bonchev–Trinajstić information content (AvgIpc) is 3.28. The molecular formula is C19H25N3O2. The third kappa shape index (κ3) is 3.06. The predicted octanol–water partition coefficient (Wildman–Crippen LogP) is 2.43. The van der Waals surface area contributed by atoms with Crippen LogP contribution in [-0.2, 0) is 24.1 Å². The van der Waals surface area contributed by atoms with Crippen LogP contribution in [0.5, 0.6) is 5.75 Å². The van der Waals surface area contributed by atoms with Crippen molar-refractivity contribution >= 4 is 0 Å². The topological polar surface area (TPSA) is 48.3 Å². The van der Waals surface area contributed by atoms with Gasteiger partial charge in [-0.1, -0.05) is 0 Å². The van der Waals surface area contributed by atoms with Gasteiger partial charge in [-0.2, -0.15) is 0 Å². The van der Waals surface area contributed by atoms with Gasteiger partial charge < -0.3 is 19.4 Å². The van der Waals surface area contributed by atoms with Gasteiger partial charge in [0.25, 0.3) is 0 Å². The number of benzene rings is 1. The highest BCUT2D eigenvalue weighted by atomic mass is 16.5. The summed E-state index contributed by atoms with van der Waals surface area (Å²) < 4.78 is 13.7. The van der Waals surface area contributed by atoms with E-state index in [1.807, 2.05) is 6.20 Å². The highest BCUT2D eigenvalue weighted by molar-refractivity contribution is 5.67. The molecule has 5 nitrogen and oxygen atoms in total. The fourth-order valence-electron chi connectivity index (χ4n) is 3.77. The Morgan fingerprint density at radius 1 is 1.33 bits per heavy atom. The third-order valence-corrected chi connectivity index (χ3v) is 5.07. The van der Waals surface area contributed by atoms with Crippen molar-refractivity contribution in [1.29, 1.82) is 0 Å². The summed E-state index contributed by atoms with van der Waals surface area (Å²) in [5.41, 5.74) is 3.97. The van der Waals surface area contributed by atoms with Crippen LogP contribution in [0.3, 0.4) is 0 Å². The first-order valence-electron chi connectivity index (χ1n) is 8.89. The molecule has 0 amide bonds. The Bertz CT molecular complexity index is 705. The molecule has 2 aromatic rings. The number of fused-ring (bicyclic) bond motifs is 1. The largest absolute Gasteiger partial charge is 0.496 e. The van der Waals surface area contributed by atoms with Crippen molar-refractivity contribution in [3.8, 4) is 17.1 Å². The summed E-state index contributed by atoms with van der Waals surface area (Å²) in [7, 11) is 1.75. The molecule has 1 atom stereocenters. The van der Waals surface area contributed by atoms with Crippen LogP contribution in [0.25, 0.3) is 11.4 Å². The first kappa shape index (κ1) is 15.7. The number of nitrogens with zero attached hydrogens (tertiary/aromatic N) is 2. The number of nitrogens with one attached hydrogen (secondary N) is 1. The lowest BCUT2D eigenvalue weighted by Gasteiger charge is -2.24. The van der Waals surface area contributed by atoms with Gasteiger partial charge in [0.2, 0.25) is 0 Å². The Hall–Kier alpha value is -1.85. The second kappa shape index (κ2) is 6.95. The second-order valence-corrected chi connectivity index (χ2v) is 6.60. The Labute approximate surface area is 143 Å². The van der Waals surface area contributed by atoms with Gasteiger partial charge in [0, 0.05) is 32.0 Å². The lowest BCUT2D eigenvalue weighted by Crippen LogP contribution is -2.38. The highest BCUT2D eigenvalue weighted by Gasteiger charge is 2.19. The molecule has 1 unspecified atom stereocenters. The standard InChI is InChI=1S/C19H25N3O2/c1-23-18-12-15-4-2-3-14(15)11-17(18)19-21-6-9-22(19)8-5-16-13-20-7-10-24-16/h6,9,11-12,16,20H,2-5,7-8,10,13H2,1H3. The summed E-state index contributed by atoms with van der Waals surface area (Å²) in [6.45, 7) is 3.60. The summed E-state index contributed by atoms with van der Waals surface area (Å²) in [6, 6.07) is 4.48.